The second kappa shape index (κ2) is 4.09. The molecular formula is C12H12N2O. The summed E-state index contributed by atoms with van der Waals surface area (Å²) in [6.07, 6.45) is 2.16. The van der Waals surface area contributed by atoms with Crippen molar-refractivity contribution in [3.05, 3.63) is 36.5 Å². The highest BCUT2D eigenvalue weighted by molar-refractivity contribution is 5.92. The van der Waals surface area contributed by atoms with Gasteiger partial charge in [-0.2, -0.15) is 0 Å². The van der Waals surface area contributed by atoms with Gasteiger partial charge in [-0.05, 0) is 12.1 Å². The van der Waals surface area contributed by atoms with E-state index in [2.05, 4.69) is 10.3 Å². The van der Waals surface area contributed by atoms with Crippen LogP contribution >= 0.6 is 0 Å². The van der Waals surface area contributed by atoms with E-state index in [1.807, 2.05) is 37.3 Å². The molecule has 15 heavy (non-hydrogen) atoms. The number of carbonyl (C=O) groups is 1. The molecule has 0 bridgehead atoms. The van der Waals surface area contributed by atoms with Crippen molar-refractivity contribution < 1.29 is 4.79 Å². The molecule has 0 aliphatic heterocycles. The maximum absolute atomic E-state index is 11.2. The smallest absolute Gasteiger partial charge is 0.224 e. The minimum atomic E-state index is 0.00656. The third-order valence-electron chi connectivity index (χ3n) is 2.20. The van der Waals surface area contributed by atoms with Crippen molar-refractivity contribution in [3.8, 4) is 0 Å². The van der Waals surface area contributed by atoms with Gasteiger partial charge < -0.3 is 5.32 Å². The number of amides is 1. The summed E-state index contributed by atoms with van der Waals surface area (Å²) in [5.74, 6) is 0.00656. The SMILES string of the molecule is CCC(=O)Nc1cnc2ccccc2c1. The zero-order valence-corrected chi connectivity index (χ0v) is 8.53. The molecule has 0 unspecified atom stereocenters. The van der Waals surface area contributed by atoms with Crippen LogP contribution in [0.3, 0.4) is 0 Å². The van der Waals surface area contributed by atoms with Crippen molar-refractivity contribution in [3.63, 3.8) is 0 Å². The van der Waals surface area contributed by atoms with E-state index in [0.717, 1.165) is 16.6 Å². The predicted molar refractivity (Wildman–Crippen MR) is 60.7 cm³/mol. The predicted octanol–water partition coefficient (Wildman–Crippen LogP) is 2.58. The number of pyridine rings is 1. The van der Waals surface area contributed by atoms with E-state index in [4.69, 9.17) is 0 Å². The molecule has 1 N–H and O–H groups in total. The highest BCUT2D eigenvalue weighted by atomic mass is 16.1. The van der Waals surface area contributed by atoms with Crippen molar-refractivity contribution in [2.45, 2.75) is 13.3 Å². The highest BCUT2D eigenvalue weighted by Crippen LogP contribution is 2.15. The topological polar surface area (TPSA) is 42.0 Å². The molecule has 0 spiro atoms. The largest absolute Gasteiger partial charge is 0.325 e. The molecule has 3 nitrogen and oxygen atoms in total. The van der Waals surface area contributed by atoms with Crippen LogP contribution in [0.25, 0.3) is 10.9 Å². The Kier molecular flexibility index (Phi) is 2.63. The van der Waals surface area contributed by atoms with Gasteiger partial charge in [-0.1, -0.05) is 25.1 Å². The minimum absolute atomic E-state index is 0.00656. The summed E-state index contributed by atoms with van der Waals surface area (Å²) < 4.78 is 0. The molecule has 2 aromatic rings. The maximum atomic E-state index is 11.2. The van der Waals surface area contributed by atoms with Crippen LogP contribution in [-0.2, 0) is 4.79 Å². The van der Waals surface area contributed by atoms with Gasteiger partial charge in [0.2, 0.25) is 5.91 Å². The van der Waals surface area contributed by atoms with Crippen molar-refractivity contribution in [2.75, 3.05) is 5.32 Å². The Morgan fingerprint density at radius 1 is 1.40 bits per heavy atom. The van der Waals surface area contributed by atoms with Gasteiger partial charge in [-0.25, -0.2) is 0 Å². The van der Waals surface area contributed by atoms with Crippen LogP contribution in [0.1, 0.15) is 13.3 Å². The van der Waals surface area contributed by atoms with E-state index < -0.39 is 0 Å². The lowest BCUT2D eigenvalue weighted by molar-refractivity contribution is -0.115. The fraction of sp³-hybridized carbons (Fsp3) is 0.167. The molecule has 1 heterocycles. The summed E-state index contributed by atoms with van der Waals surface area (Å²) in [6, 6.07) is 9.75. The monoisotopic (exact) mass is 200 g/mol. The lowest BCUT2D eigenvalue weighted by Crippen LogP contribution is -2.09. The molecule has 0 saturated heterocycles. The maximum Gasteiger partial charge on any atom is 0.224 e. The number of anilines is 1. The molecule has 0 fully saturated rings. The van der Waals surface area contributed by atoms with Crippen molar-refractivity contribution in [1.29, 1.82) is 0 Å². The van der Waals surface area contributed by atoms with Crippen molar-refractivity contribution in [2.24, 2.45) is 0 Å². The molecule has 0 aliphatic carbocycles. The second-order valence-corrected chi connectivity index (χ2v) is 3.32. The summed E-state index contributed by atoms with van der Waals surface area (Å²) in [6.45, 7) is 1.82. The van der Waals surface area contributed by atoms with Crippen LogP contribution in [0.2, 0.25) is 0 Å². The van der Waals surface area contributed by atoms with Crippen LogP contribution in [0.4, 0.5) is 5.69 Å². The van der Waals surface area contributed by atoms with Crippen LogP contribution in [0.15, 0.2) is 36.5 Å². The third-order valence-corrected chi connectivity index (χ3v) is 2.20. The molecular weight excluding hydrogens is 188 g/mol. The Balaban J connectivity index is 2.34. The van der Waals surface area contributed by atoms with E-state index in [9.17, 15) is 4.79 Å². The lowest BCUT2D eigenvalue weighted by Gasteiger charge is -2.04. The van der Waals surface area contributed by atoms with Gasteiger partial charge in [-0.3, -0.25) is 9.78 Å². The molecule has 0 radical (unpaired) electrons. The Morgan fingerprint density at radius 3 is 3.00 bits per heavy atom. The first-order valence-corrected chi connectivity index (χ1v) is 4.94. The average Bonchev–Trinajstić information content (AvgIpc) is 2.29. The van der Waals surface area contributed by atoms with Gasteiger partial charge in [0, 0.05) is 11.8 Å². The Hall–Kier alpha value is -1.90. The first-order chi connectivity index (χ1) is 7.29. The van der Waals surface area contributed by atoms with Gasteiger partial charge in [0.15, 0.2) is 0 Å². The van der Waals surface area contributed by atoms with Gasteiger partial charge in [-0.15, -0.1) is 0 Å². The van der Waals surface area contributed by atoms with Crippen LogP contribution in [0.5, 0.6) is 0 Å². The standard InChI is InChI=1S/C12H12N2O/c1-2-12(15)14-10-7-9-5-3-4-6-11(9)13-8-10/h3-8H,2H2,1H3,(H,14,15). The Morgan fingerprint density at radius 2 is 2.20 bits per heavy atom. The number of para-hydroxylation sites is 1. The number of hydrogen-bond acceptors (Lipinski definition) is 2. The number of carbonyl (C=O) groups excluding carboxylic acids is 1. The van der Waals surface area contributed by atoms with E-state index in [0.29, 0.717) is 6.42 Å². The number of fused-ring (bicyclic) bond motifs is 1. The van der Waals surface area contributed by atoms with Crippen molar-refractivity contribution in [1.82, 2.24) is 4.98 Å². The molecule has 1 amide bonds. The van der Waals surface area contributed by atoms with Gasteiger partial charge in [0.05, 0.1) is 17.4 Å². The molecule has 0 saturated carbocycles. The van der Waals surface area contributed by atoms with E-state index in [1.165, 1.54) is 0 Å². The molecule has 76 valence electrons. The molecule has 1 aromatic carbocycles. The fourth-order valence-corrected chi connectivity index (χ4v) is 1.39. The molecule has 0 atom stereocenters. The lowest BCUT2D eigenvalue weighted by atomic mass is 10.2. The summed E-state index contributed by atoms with van der Waals surface area (Å²) in [4.78, 5) is 15.4. The van der Waals surface area contributed by atoms with Gasteiger partial charge in [0.25, 0.3) is 0 Å². The number of nitrogens with zero attached hydrogens (tertiary/aromatic N) is 1. The van der Waals surface area contributed by atoms with Gasteiger partial charge >= 0.3 is 0 Å². The van der Waals surface area contributed by atoms with Gasteiger partial charge in [0.1, 0.15) is 0 Å². The molecule has 2 rings (SSSR count). The van der Waals surface area contributed by atoms with Crippen LogP contribution < -0.4 is 5.32 Å². The first-order valence-electron chi connectivity index (χ1n) is 4.94. The fourth-order valence-electron chi connectivity index (χ4n) is 1.39. The number of hydrogen-bond donors (Lipinski definition) is 1. The number of nitrogens with one attached hydrogen (secondary N) is 1. The summed E-state index contributed by atoms with van der Waals surface area (Å²) in [5.41, 5.74) is 1.69. The van der Waals surface area contributed by atoms with E-state index in [-0.39, 0.29) is 5.91 Å². The second-order valence-electron chi connectivity index (χ2n) is 3.32. The quantitative estimate of drug-likeness (QED) is 0.809. The molecule has 1 aromatic heterocycles. The number of aromatic nitrogens is 1. The highest BCUT2D eigenvalue weighted by Gasteiger charge is 2.00. The van der Waals surface area contributed by atoms with Crippen LogP contribution in [-0.4, -0.2) is 10.9 Å². The molecule has 0 aliphatic rings. The Labute approximate surface area is 88.1 Å². The Bertz CT molecular complexity index is 494. The zero-order valence-electron chi connectivity index (χ0n) is 8.53. The number of rotatable bonds is 2. The summed E-state index contributed by atoms with van der Waals surface area (Å²) in [7, 11) is 0. The van der Waals surface area contributed by atoms with Crippen LogP contribution in [0, 0.1) is 0 Å². The zero-order chi connectivity index (χ0) is 10.7. The third kappa shape index (κ3) is 2.13. The number of benzene rings is 1. The van der Waals surface area contributed by atoms with Crippen molar-refractivity contribution >= 4 is 22.5 Å². The van der Waals surface area contributed by atoms with E-state index >= 15 is 0 Å². The first kappa shape index (κ1) is 9.65. The van der Waals surface area contributed by atoms with E-state index in [1.54, 1.807) is 6.20 Å². The summed E-state index contributed by atoms with van der Waals surface area (Å²) >= 11 is 0. The minimum Gasteiger partial charge on any atom is -0.325 e. The molecule has 3 heteroatoms. The normalized spacial score (nSPS) is 10.2. The average molecular weight is 200 g/mol. The summed E-state index contributed by atoms with van der Waals surface area (Å²) in [5, 5.41) is 3.82.